The molecule has 2 rings (SSSR count). The Hall–Kier alpha value is -2.19. The van der Waals surface area contributed by atoms with E-state index < -0.39 is 12.5 Å². The highest BCUT2D eigenvalue weighted by Crippen LogP contribution is 2.20. The summed E-state index contributed by atoms with van der Waals surface area (Å²) in [6.07, 6.45) is 2.83. The lowest BCUT2D eigenvalue weighted by atomic mass is 10.0. The average molecular weight is 401 g/mol. The number of allylic oxidation sites excluding steroid dienone is 1. The second-order valence-electron chi connectivity index (χ2n) is 6.20. The number of amides is 1. The molecule has 1 atom stereocenters. The molecule has 1 saturated heterocycles. The number of likely N-dealkylation sites (N-methyl/N-ethyl adjacent to an activating group) is 1. The van der Waals surface area contributed by atoms with Gasteiger partial charge in [-0.3, -0.25) is 9.69 Å². The van der Waals surface area contributed by atoms with E-state index in [1.54, 1.807) is 12.1 Å². The van der Waals surface area contributed by atoms with Crippen molar-refractivity contribution in [3.05, 3.63) is 40.6 Å². The molecule has 27 heavy (non-hydrogen) atoms. The van der Waals surface area contributed by atoms with Gasteiger partial charge in [0, 0.05) is 32.4 Å². The van der Waals surface area contributed by atoms with Crippen molar-refractivity contribution in [2.75, 3.05) is 20.1 Å². The molecule has 1 aliphatic rings. The van der Waals surface area contributed by atoms with Crippen molar-refractivity contribution < 1.29 is 18.3 Å². The van der Waals surface area contributed by atoms with Gasteiger partial charge in [0.05, 0.1) is 5.70 Å². The van der Waals surface area contributed by atoms with E-state index in [1.807, 2.05) is 6.07 Å². The number of ether oxygens (including phenoxy) is 1. The maximum atomic E-state index is 12.4. The first-order chi connectivity index (χ1) is 12.9. The van der Waals surface area contributed by atoms with Crippen LogP contribution in [0, 0.1) is 5.41 Å². The molecule has 1 amide bonds. The van der Waals surface area contributed by atoms with Crippen LogP contribution in [0.1, 0.15) is 18.4 Å². The quantitative estimate of drug-likeness (QED) is 0.463. The number of nitrogens with one attached hydrogen (secondary N) is 3. The Labute approximate surface area is 162 Å². The summed E-state index contributed by atoms with van der Waals surface area (Å²) in [4.78, 5) is 13.8. The van der Waals surface area contributed by atoms with Gasteiger partial charge < -0.3 is 20.8 Å². The summed E-state index contributed by atoms with van der Waals surface area (Å²) in [6.45, 7) is -0.717. The second-order valence-corrected chi connectivity index (χ2v) is 6.57. The predicted octanol–water partition coefficient (Wildman–Crippen LogP) is 2.69. The molecule has 0 aliphatic carbocycles. The zero-order valence-electron chi connectivity index (χ0n) is 15.0. The van der Waals surface area contributed by atoms with Crippen molar-refractivity contribution in [1.29, 1.82) is 5.41 Å². The van der Waals surface area contributed by atoms with Crippen molar-refractivity contribution in [1.82, 2.24) is 15.5 Å². The first kappa shape index (κ1) is 21.1. The molecule has 3 N–H and O–H groups in total. The van der Waals surface area contributed by atoms with Crippen molar-refractivity contribution >= 4 is 23.7 Å². The normalized spacial score (nSPS) is 18.6. The molecular formula is C18H23ClF2N4O2. The van der Waals surface area contributed by atoms with Crippen molar-refractivity contribution in [2.45, 2.75) is 32.0 Å². The number of carbonyl (C=O) groups is 1. The molecule has 1 aromatic rings. The Kier molecular flexibility index (Phi) is 7.99. The lowest BCUT2D eigenvalue weighted by Gasteiger charge is -2.34. The molecule has 0 radical (unpaired) electrons. The van der Waals surface area contributed by atoms with Gasteiger partial charge in [0.15, 0.2) is 0 Å². The van der Waals surface area contributed by atoms with Crippen LogP contribution < -0.4 is 15.4 Å². The smallest absolute Gasteiger partial charge is 0.387 e. The zero-order chi connectivity index (χ0) is 19.8. The third-order valence-electron chi connectivity index (χ3n) is 4.20. The van der Waals surface area contributed by atoms with Crippen LogP contribution in [0.3, 0.4) is 0 Å². The molecule has 1 heterocycles. The fourth-order valence-corrected chi connectivity index (χ4v) is 3.22. The van der Waals surface area contributed by atoms with E-state index in [1.165, 1.54) is 13.1 Å². The number of piperidine rings is 1. The van der Waals surface area contributed by atoms with Gasteiger partial charge in [-0.15, -0.1) is 0 Å². The molecule has 0 aromatic heterocycles. The minimum atomic E-state index is -2.85. The summed E-state index contributed by atoms with van der Waals surface area (Å²) in [7, 11) is 1.47. The number of likely N-dealkylation sites (tertiary alicyclic amines) is 1. The standard InChI is InChI=1S/C18H23ClF2N4O2/c1-23-17(26)16(19)15(9-22)24-13-5-3-7-25(11-13)10-12-4-2-6-14(8-12)27-18(20)21/h2,4,6,8-9,13,18,22,24H,3,5,7,10-11H2,1H3,(H,23,26)/b16-15-,22-9?. The maximum absolute atomic E-state index is 12.4. The Morgan fingerprint density at radius 2 is 2.30 bits per heavy atom. The van der Waals surface area contributed by atoms with E-state index in [-0.39, 0.29) is 22.5 Å². The number of alkyl halides is 2. The topological polar surface area (TPSA) is 77.5 Å². The Morgan fingerprint density at radius 1 is 1.52 bits per heavy atom. The number of nitrogens with zero attached hydrogens (tertiary/aromatic N) is 1. The number of carbonyl (C=O) groups excluding carboxylic acids is 1. The summed E-state index contributed by atoms with van der Waals surface area (Å²) in [5, 5.41) is 13.0. The first-order valence-corrected chi connectivity index (χ1v) is 8.95. The van der Waals surface area contributed by atoms with Gasteiger partial charge in [-0.2, -0.15) is 8.78 Å². The van der Waals surface area contributed by atoms with E-state index in [9.17, 15) is 13.6 Å². The molecule has 0 saturated carbocycles. The molecule has 0 bridgehead atoms. The fraction of sp³-hybridized carbons (Fsp3) is 0.444. The molecule has 148 valence electrons. The third kappa shape index (κ3) is 6.48. The largest absolute Gasteiger partial charge is 0.435 e. The Balaban J connectivity index is 1.99. The van der Waals surface area contributed by atoms with Crippen LogP contribution in [-0.2, 0) is 11.3 Å². The number of halogens is 3. The van der Waals surface area contributed by atoms with Gasteiger partial charge in [-0.05, 0) is 37.1 Å². The van der Waals surface area contributed by atoms with Gasteiger partial charge >= 0.3 is 6.61 Å². The third-order valence-corrected chi connectivity index (χ3v) is 4.58. The van der Waals surface area contributed by atoms with E-state index >= 15 is 0 Å². The summed E-state index contributed by atoms with van der Waals surface area (Å²) in [5.41, 5.74) is 1.15. The minimum Gasteiger partial charge on any atom is -0.435 e. The van der Waals surface area contributed by atoms with Gasteiger partial charge in [-0.25, -0.2) is 0 Å². The molecule has 1 unspecified atom stereocenters. The van der Waals surface area contributed by atoms with E-state index in [2.05, 4.69) is 20.3 Å². The van der Waals surface area contributed by atoms with Crippen molar-refractivity contribution in [2.24, 2.45) is 0 Å². The molecule has 9 heteroatoms. The van der Waals surface area contributed by atoms with Crippen LogP contribution in [0.4, 0.5) is 8.78 Å². The first-order valence-electron chi connectivity index (χ1n) is 8.58. The monoisotopic (exact) mass is 400 g/mol. The van der Waals surface area contributed by atoms with Crippen LogP contribution in [0.15, 0.2) is 35.0 Å². The van der Waals surface area contributed by atoms with Crippen LogP contribution in [0.2, 0.25) is 0 Å². The molecule has 1 fully saturated rings. The van der Waals surface area contributed by atoms with Crippen molar-refractivity contribution in [3.8, 4) is 5.75 Å². The van der Waals surface area contributed by atoms with E-state index in [0.29, 0.717) is 13.1 Å². The fourth-order valence-electron chi connectivity index (χ4n) is 3.02. The van der Waals surface area contributed by atoms with Crippen LogP contribution in [-0.4, -0.2) is 49.8 Å². The molecule has 1 aromatic carbocycles. The number of benzene rings is 1. The second kappa shape index (κ2) is 10.2. The molecule has 6 nitrogen and oxygen atoms in total. The highest BCUT2D eigenvalue weighted by Gasteiger charge is 2.22. The van der Waals surface area contributed by atoms with Gasteiger partial charge in [0.2, 0.25) is 0 Å². The van der Waals surface area contributed by atoms with Gasteiger partial charge in [-0.1, -0.05) is 23.7 Å². The van der Waals surface area contributed by atoms with E-state index in [4.69, 9.17) is 17.0 Å². The number of hydrogen-bond acceptors (Lipinski definition) is 5. The lowest BCUT2D eigenvalue weighted by Crippen LogP contribution is -2.45. The SMILES string of the molecule is CNC(=O)/C(Cl)=C(\C=N)NC1CCCN(Cc2cccc(OC(F)F)c2)C1. The summed E-state index contributed by atoms with van der Waals surface area (Å²) in [5.74, 6) is -0.313. The van der Waals surface area contributed by atoms with E-state index in [0.717, 1.165) is 31.2 Å². The Morgan fingerprint density at radius 3 is 2.96 bits per heavy atom. The van der Waals surface area contributed by atoms with Crippen LogP contribution in [0.5, 0.6) is 5.75 Å². The zero-order valence-corrected chi connectivity index (χ0v) is 15.7. The minimum absolute atomic E-state index is 0.0225. The average Bonchev–Trinajstić information content (AvgIpc) is 2.65. The number of hydrogen-bond donors (Lipinski definition) is 3. The maximum Gasteiger partial charge on any atom is 0.387 e. The van der Waals surface area contributed by atoms with Crippen molar-refractivity contribution in [3.63, 3.8) is 0 Å². The summed E-state index contributed by atoms with van der Waals surface area (Å²) < 4.78 is 29.2. The lowest BCUT2D eigenvalue weighted by molar-refractivity contribution is -0.116. The highest BCUT2D eigenvalue weighted by molar-refractivity contribution is 6.43. The summed E-state index contributed by atoms with van der Waals surface area (Å²) in [6, 6.07) is 6.67. The summed E-state index contributed by atoms with van der Waals surface area (Å²) >= 11 is 6.01. The van der Waals surface area contributed by atoms with Gasteiger partial charge in [0.1, 0.15) is 10.8 Å². The molecular weight excluding hydrogens is 378 g/mol. The Bertz CT molecular complexity index is 700. The molecule has 0 spiro atoms. The highest BCUT2D eigenvalue weighted by atomic mass is 35.5. The predicted molar refractivity (Wildman–Crippen MR) is 100 cm³/mol. The van der Waals surface area contributed by atoms with Crippen LogP contribution >= 0.6 is 11.6 Å². The van der Waals surface area contributed by atoms with Gasteiger partial charge in [0.25, 0.3) is 5.91 Å². The molecule has 1 aliphatic heterocycles. The van der Waals surface area contributed by atoms with Crippen LogP contribution in [0.25, 0.3) is 0 Å². The number of rotatable bonds is 8.